The molecule has 2 heterocycles. The number of nitro groups is 1. The maximum atomic E-state index is 12.5. The van der Waals surface area contributed by atoms with Crippen LogP contribution in [0.5, 0.6) is 5.75 Å². The molecule has 1 aromatic carbocycles. The lowest BCUT2D eigenvalue weighted by atomic mass is 10.0. The van der Waals surface area contributed by atoms with Crippen LogP contribution in [0, 0.1) is 10.1 Å². The van der Waals surface area contributed by atoms with Gasteiger partial charge in [-0.05, 0) is 19.1 Å². The molecule has 130 valence electrons. The smallest absolute Gasteiger partial charge is 0.269 e. The molecule has 8 heteroatoms. The van der Waals surface area contributed by atoms with Gasteiger partial charge in [-0.2, -0.15) is 0 Å². The van der Waals surface area contributed by atoms with E-state index in [-0.39, 0.29) is 11.6 Å². The van der Waals surface area contributed by atoms with Gasteiger partial charge in [0.05, 0.1) is 18.1 Å². The third-order valence-corrected chi connectivity index (χ3v) is 4.36. The molecule has 0 radical (unpaired) electrons. The predicted molar refractivity (Wildman–Crippen MR) is 83.6 cm³/mol. The number of non-ortho nitro benzene ring substituents is 1. The number of nitro benzene ring substituents is 1. The van der Waals surface area contributed by atoms with Crippen LogP contribution < -0.4 is 4.74 Å². The first-order valence-electron chi connectivity index (χ1n) is 7.97. The minimum Gasteiger partial charge on any atom is -0.481 e. The minimum atomic E-state index is -0.661. The quantitative estimate of drug-likeness (QED) is 0.614. The summed E-state index contributed by atoms with van der Waals surface area (Å²) in [6, 6.07) is 5.69. The number of carbonyl (C=O) groups excluding carboxylic acids is 1. The second-order valence-corrected chi connectivity index (χ2v) is 5.94. The fourth-order valence-corrected chi connectivity index (χ4v) is 3.01. The van der Waals surface area contributed by atoms with Gasteiger partial charge < -0.3 is 19.1 Å². The van der Waals surface area contributed by atoms with Gasteiger partial charge in [0.15, 0.2) is 11.9 Å². The van der Waals surface area contributed by atoms with Crippen molar-refractivity contribution in [1.82, 2.24) is 4.90 Å². The van der Waals surface area contributed by atoms with E-state index in [1.807, 2.05) is 0 Å². The zero-order valence-electron chi connectivity index (χ0n) is 13.5. The van der Waals surface area contributed by atoms with Gasteiger partial charge >= 0.3 is 0 Å². The highest BCUT2D eigenvalue weighted by Gasteiger charge is 2.41. The first-order chi connectivity index (χ1) is 11.5. The molecule has 2 aliphatic rings. The summed E-state index contributed by atoms with van der Waals surface area (Å²) < 4.78 is 16.9. The molecule has 0 N–H and O–H groups in total. The van der Waals surface area contributed by atoms with Gasteiger partial charge in [0.2, 0.25) is 0 Å². The van der Waals surface area contributed by atoms with Gasteiger partial charge in [-0.15, -0.1) is 0 Å². The number of hydrogen-bond acceptors (Lipinski definition) is 6. The average molecular weight is 336 g/mol. The third-order valence-electron chi connectivity index (χ3n) is 4.36. The second-order valence-electron chi connectivity index (χ2n) is 5.94. The predicted octanol–water partition coefficient (Wildman–Crippen LogP) is 1.73. The van der Waals surface area contributed by atoms with Crippen molar-refractivity contribution in [2.75, 3.05) is 26.3 Å². The summed E-state index contributed by atoms with van der Waals surface area (Å²) in [4.78, 5) is 24.4. The van der Waals surface area contributed by atoms with E-state index in [1.165, 1.54) is 24.3 Å². The summed E-state index contributed by atoms with van der Waals surface area (Å²) in [7, 11) is 0. The molecule has 8 nitrogen and oxygen atoms in total. The largest absolute Gasteiger partial charge is 0.481 e. The van der Waals surface area contributed by atoms with Crippen molar-refractivity contribution in [1.29, 1.82) is 0 Å². The number of carbonyl (C=O) groups is 1. The molecule has 2 aliphatic heterocycles. The SMILES string of the molecule is C[C@@H](Oc1ccc([N+](=O)[O-])cc1)C(=O)N1CCC2(CC1)OCCO2. The normalized spacial score (nSPS) is 20.8. The van der Waals surface area contributed by atoms with Crippen molar-refractivity contribution in [3.05, 3.63) is 34.4 Å². The summed E-state index contributed by atoms with van der Waals surface area (Å²) in [5, 5.41) is 10.6. The van der Waals surface area contributed by atoms with Crippen molar-refractivity contribution >= 4 is 11.6 Å². The van der Waals surface area contributed by atoms with Crippen molar-refractivity contribution in [2.45, 2.75) is 31.7 Å². The summed E-state index contributed by atoms with van der Waals surface area (Å²) in [5.41, 5.74) is -0.0146. The van der Waals surface area contributed by atoms with E-state index in [2.05, 4.69) is 0 Å². The van der Waals surface area contributed by atoms with E-state index in [9.17, 15) is 14.9 Å². The Morgan fingerprint density at radius 3 is 2.38 bits per heavy atom. The van der Waals surface area contributed by atoms with Crippen molar-refractivity contribution in [2.24, 2.45) is 0 Å². The Kier molecular flexibility index (Phi) is 4.68. The molecule has 24 heavy (non-hydrogen) atoms. The number of piperidine rings is 1. The van der Waals surface area contributed by atoms with Crippen LogP contribution in [0.25, 0.3) is 0 Å². The van der Waals surface area contributed by atoms with Crippen LogP contribution in [-0.2, 0) is 14.3 Å². The van der Waals surface area contributed by atoms with E-state index in [4.69, 9.17) is 14.2 Å². The van der Waals surface area contributed by atoms with Crippen molar-refractivity contribution in [3.63, 3.8) is 0 Å². The molecule has 0 unspecified atom stereocenters. The zero-order valence-corrected chi connectivity index (χ0v) is 13.5. The summed E-state index contributed by atoms with van der Waals surface area (Å²) in [6.45, 7) is 4.01. The number of benzene rings is 1. The van der Waals surface area contributed by atoms with Crippen LogP contribution in [-0.4, -0.2) is 53.9 Å². The van der Waals surface area contributed by atoms with Gasteiger partial charge in [-0.3, -0.25) is 14.9 Å². The molecule has 0 bridgehead atoms. The maximum Gasteiger partial charge on any atom is 0.269 e. The molecule has 1 atom stereocenters. The van der Waals surface area contributed by atoms with Crippen molar-refractivity contribution in [3.8, 4) is 5.75 Å². The molecule has 0 aromatic heterocycles. The highest BCUT2D eigenvalue weighted by Crippen LogP contribution is 2.31. The number of nitrogens with zero attached hydrogens (tertiary/aromatic N) is 2. The van der Waals surface area contributed by atoms with E-state index in [0.717, 1.165) is 0 Å². The average Bonchev–Trinajstić information content (AvgIpc) is 3.03. The summed E-state index contributed by atoms with van der Waals surface area (Å²) >= 11 is 0. The lowest BCUT2D eigenvalue weighted by molar-refractivity contribution is -0.384. The minimum absolute atomic E-state index is 0.0146. The number of ether oxygens (including phenoxy) is 3. The Labute approximate surface area is 139 Å². The van der Waals surface area contributed by atoms with Crippen LogP contribution in [0.2, 0.25) is 0 Å². The van der Waals surface area contributed by atoms with E-state index >= 15 is 0 Å². The zero-order chi connectivity index (χ0) is 17.2. The second kappa shape index (κ2) is 6.74. The Hall–Kier alpha value is -2.19. The summed E-state index contributed by atoms with van der Waals surface area (Å²) in [6.07, 6.45) is 0.650. The van der Waals surface area contributed by atoms with E-state index in [0.29, 0.717) is 44.9 Å². The molecule has 1 aromatic rings. The van der Waals surface area contributed by atoms with Gasteiger partial charge in [-0.25, -0.2) is 0 Å². The standard InChI is InChI=1S/C16H20N2O6/c1-12(24-14-4-2-13(3-5-14)18(20)21)15(19)17-8-6-16(7-9-17)22-10-11-23-16/h2-5,12H,6-11H2,1H3/t12-/m1/s1. The molecule has 3 rings (SSSR count). The van der Waals surface area contributed by atoms with Crippen molar-refractivity contribution < 1.29 is 23.9 Å². The Morgan fingerprint density at radius 1 is 1.25 bits per heavy atom. The van der Waals surface area contributed by atoms with Gasteiger partial charge in [0.1, 0.15) is 5.75 Å². The van der Waals surface area contributed by atoms with Crippen LogP contribution in [0.4, 0.5) is 5.69 Å². The number of amides is 1. The van der Waals surface area contributed by atoms with Gasteiger partial charge in [0.25, 0.3) is 11.6 Å². The molecule has 0 saturated carbocycles. The van der Waals surface area contributed by atoms with Crippen LogP contribution in [0.1, 0.15) is 19.8 Å². The highest BCUT2D eigenvalue weighted by molar-refractivity contribution is 5.81. The molecule has 2 saturated heterocycles. The maximum absolute atomic E-state index is 12.5. The molecular weight excluding hydrogens is 316 g/mol. The monoisotopic (exact) mass is 336 g/mol. The molecular formula is C16H20N2O6. The topological polar surface area (TPSA) is 91.1 Å². The fourth-order valence-electron chi connectivity index (χ4n) is 3.01. The Balaban J connectivity index is 1.54. The lowest BCUT2D eigenvalue weighted by Crippen LogP contribution is -2.50. The number of hydrogen-bond donors (Lipinski definition) is 0. The number of rotatable bonds is 4. The highest BCUT2D eigenvalue weighted by atomic mass is 16.7. The van der Waals surface area contributed by atoms with Crippen LogP contribution in [0.3, 0.4) is 0 Å². The van der Waals surface area contributed by atoms with E-state index < -0.39 is 16.8 Å². The number of likely N-dealkylation sites (tertiary alicyclic amines) is 1. The molecule has 0 aliphatic carbocycles. The van der Waals surface area contributed by atoms with Gasteiger partial charge in [-0.1, -0.05) is 0 Å². The lowest BCUT2D eigenvalue weighted by Gasteiger charge is -2.38. The molecule has 2 fully saturated rings. The third kappa shape index (κ3) is 3.49. The fraction of sp³-hybridized carbons (Fsp3) is 0.562. The summed E-state index contributed by atoms with van der Waals surface area (Å²) in [5.74, 6) is -0.197. The first kappa shape index (κ1) is 16.7. The van der Waals surface area contributed by atoms with Gasteiger partial charge in [0, 0.05) is 38.1 Å². The Morgan fingerprint density at radius 2 is 1.83 bits per heavy atom. The first-order valence-corrected chi connectivity index (χ1v) is 7.97. The van der Waals surface area contributed by atoms with Crippen LogP contribution >= 0.6 is 0 Å². The molecule has 1 amide bonds. The van der Waals surface area contributed by atoms with E-state index in [1.54, 1.807) is 11.8 Å². The Bertz CT molecular complexity index is 601. The molecule has 1 spiro atoms. The van der Waals surface area contributed by atoms with Crippen LogP contribution in [0.15, 0.2) is 24.3 Å².